The maximum absolute atomic E-state index is 8.61. The first-order valence-electron chi connectivity index (χ1n) is 4.76. The molecule has 1 rings (SSSR count). The molecule has 3 heteroatoms. The molecule has 1 saturated carbocycles. The van der Waals surface area contributed by atoms with Crippen LogP contribution in [0.4, 0.5) is 0 Å². The van der Waals surface area contributed by atoms with Crippen LogP contribution in [-0.4, -0.2) is 35.8 Å². The van der Waals surface area contributed by atoms with E-state index in [0.717, 1.165) is 23.5 Å². The van der Waals surface area contributed by atoms with E-state index >= 15 is 0 Å². The van der Waals surface area contributed by atoms with Crippen LogP contribution in [0.3, 0.4) is 0 Å². The van der Waals surface area contributed by atoms with Crippen molar-refractivity contribution in [2.75, 3.05) is 19.4 Å². The van der Waals surface area contributed by atoms with Gasteiger partial charge in [-0.15, -0.1) is 0 Å². The fraction of sp³-hybridized carbons (Fsp3) is 1.00. The molecule has 1 aliphatic carbocycles. The second-order valence-corrected chi connectivity index (χ2v) is 4.78. The van der Waals surface area contributed by atoms with Gasteiger partial charge in [0.2, 0.25) is 0 Å². The average Bonchev–Trinajstić information content (AvgIpc) is 2.53. The Kier molecular flexibility index (Phi) is 5.04. The zero-order valence-corrected chi connectivity index (χ0v) is 8.57. The Hall–Kier alpha value is 0.270. The molecule has 0 aromatic rings. The molecule has 12 heavy (non-hydrogen) atoms. The molecule has 1 aliphatic rings. The Morgan fingerprint density at radius 1 is 1.50 bits per heavy atom. The van der Waals surface area contributed by atoms with Gasteiger partial charge >= 0.3 is 0 Å². The minimum absolute atomic E-state index is 0.342. The van der Waals surface area contributed by atoms with Crippen molar-refractivity contribution in [1.29, 1.82) is 0 Å². The summed E-state index contributed by atoms with van der Waals surface area (Å²) in [6.45, 7) is 0.342. The number of hydrogen-bond acceptors (Lipinski definition) is 3. The van der Waals surface area contributed by atoms with Gasteiger partial charge < -0.3 is 10.4 Å². The summed E-state index contributed by atoms with van der Waals surface area (Å²) < 4.78 is 0. The molecule has 0 spiro atoms. The van der Waals surface area contributed by atoms with Gasteiger partial charge in [-0.3, -0.25) is 0 Å². The fourth-order valence-electron chi connectivity index (χ4n) is 1.67. The molecule has 1 fully saturated rings. The van der Waals surface area contributed by atoms with Crippen molar-refractivity contribution in [2.45, 2.75) is 37.0 Å². The Morgan fingerprint density at radius 2 is 2.33 bits per heavy atom. The number of nitrogens with one attached hydrogen (secondary N) is 1. The van der Waals surface area contributed by atoms with E-state index in [1.54, 1.807) is 0 Å². The summed E-state index contributed by atoms with van der Waals surface area (Å²) in [5.74, 6) is 1.12. The van der Waals surface area contributed by atoms with Gasteiger partial charge in [-0.1, -0.05) is 0 Å². The number of rotatable bonds is 5. The zero-order chi connectivity index (χ0) is 8.81. The van der Waals surface area contributed by atoms with Crippen LogP contribution in [0.2, 0.25) is 0 Å². The van der Waals surface area contributed by atoms with Crippen molar-refractivity contribution in [2.24, 2.45) is 0 Å². The van der Waals surface area contributed by atoms with Crippen molar-refractivity contribution in [1.82, 2.24) is 5.32 Å². The largest absolute Gasteiger partial charge is 0.396 e. The topological polar surface area (TPSA) is 32.3 Å². The van der Waals surface area contributed by atoms with Gasteiger partial charge in [0.25, 0.3) is 0 Å². The third-order valence-electron chi connectivity index (χ3n) is 2.45. The van der Waals surface area contributed by atoms with Crippen LogP contribution < -0.4 is 5.32 Å². The van der Waals surface area contributed by atoms with E-state index in [1.165, 1.54) is 19.3 Å². The SMILES string of the molecule is CNC1CCC(SCCCO)C1. The van der Waals surface area contributed by atoms with Crippen LogP contribution in [0.25, 0.3) is 0 Å². The molecular formula is C9H19NOS. The van der Waals surface area contributed by atoms with Crippen LogP contribution in [0, 0.1) is 0 Å². The third-order valence-corrected chi connectivity index (χ3v) is 3.87. The lowest BCUT2D eigenvalue weighted by atomic mass is 10.3. The van der Waals surface area contributed by atoms with Gasteiger partial charge in [-0.2, -0.15) is 11.8 Å². The monoisotopic (exact) mass is 189 g/mol. The van der Waals surface area contributed by atoms with Crippen molar-refractivity contribution < 1.29 is 5.11 Å². The van der Waals surface area contributed by atoms with Crippen molar-refractivity contribution >= 4 is 11.8 Å². The highest BCUT2D eigenvalue weighted by molar-refractivity contribution is 7.99. The molecule has 2 atom stereocenters. The maximum Gasteiger partial charge on any atom is 0.0438 e. The molecule has 72 valence electrons. The summed E-state index contributed by atoms with van der Waals surface area (Å²) in [4.78, 5) is 0. The van der Waals surface area contributed by atoms with Gasteiger partial charge in [0.05, 0.1) is 0 Å². The highest BCUT2D eigenvalue weighted by Crippen LogP contribution is 2.29. The number of aliphatic hydroxyl groups is 1. The molecule has 0 amide bonds. The van der Waals surface area contributed by atoms with E-state index in [4.69, 9.17) is 5.11 Å². The van der Waals surface area contributed by atoms with Gasteiger partial charge in [0, 0.05) is 17.9 Å². The van der Waals surface area contributed by atoms with E-state index < -0.39 is 0 Å². The first kappa shape index (κ1) is 10.4. The quantitative estimate of drug-likeness (QED) is 0.638. The van der Waals surface area contributed by atoms with Crippen LogP contribution in [0.15, 0.2) is 0 Å². The van der Waals surface area contributed by atoms with Gasteiger partial charge in [0.1, 0.15) is 0 Å². The summed E-state index contributed by atoms with van der Waals surface area (Å²) in [6.07, 6.45) is 4.94. The van der Waals surface area contributed by atoms with Crippen LogP contribution >= 0.6 is 11.8 Å². The normalized spacial score (nSPS) is 29.5. The van der Waals surface area contributed by atoms with Crippen LogP contribution in [0.1, 0.15) is 25.7 Å². The molecular weight excluding hydrogens is 170 g/mol. The van der Waals surface area contributed by atoms with E-state index in [9.17, 15) is 0 Å². The molecule has 0 radical (unpaired) electrons. The molecule has 2 nitrogen and oxygen atoms in total. The highest BCUT2D eigenvalue weighted by atomic mass is 32.2. The van der Waals surface area contributed by atoms with Crippen molar-refractivity contribution in [3.05, 3.63) is 0 Å². The Bertz CT molecular complexity index is 121. The van der Waals surface area contributed by atoms with E-state index in [1.807, 2.05) is 18.8 Å². The molecule has 0 aromatic carbocycles. The predicted molar refractivity (Wildman–Crippen MR) is 54.6 cm³/mol. The van der Waals surface area contributed by atoms with Crippen LogP contribution in [-0.2, 0) is 0 Å². The summed E-state index contributed by atoms with van der Waals surface area (Å²) >= 11 is 2.03. The predicted octanol–water partition coefficient (Wildman–Crippen LogP) is 1.24. The summed E-state index contributed by atoms with van der Waals surface area (Å²) in [5, 5.41) is 12.8. The molecule has 0 aliphatic heterocycles. The molecule has 2 N–H and O–H groups in total. The van der Waals surface area contributed by atoms with Crippen LogP contribution in [0.5, 0.6) is 0 Å². The Labute approximate surface area is 79.1 Å². The zero-order valence-electron chi connectivity index (χ0n) is 7.75. The summed E-state index contributed by atoms with van der Waals surface area (Å²) in [5.41, 5.74) is 0. The second kappa shape index (κ2) is 5.84. The van der Waals surface area contributed by atoms with Crippen molar-refractivity contribution in [3.8, 4) is 0 Å². The minimum Gasteiger partial charge on any atom is -0.396 e. The Balaban J connectivity index is 2.03. The number of aliphatic hydroxyl groups excluding tert-OH is 1. The van der Waals surface area contributed by atoms with Gasteiger partial charge in [-0.05, 0) is 38.5 Å². The second-order valence-electron chi connectivity index (χ2n) is 3.37. The molecule has 0 saturated heterocycles. The van der Waals surface area contributed by atoms with Gasteiger partial charge in [0.15, 0.2) is 0 Å². The van der Waals surface area contributed by atoms with Crippen molar-refractivity contribution in [3.63, 3.8) is 0 Å². The molecule has 2 unspecified atom stereocenters. The average molecular weight is 189 g/mol. The van der Waals surface area contributed by atoms with E-state index in [-0.39, 0.29) is 0 Å². The number of hydrogen-bond donors (Lipinski definition) is 2. The van der Waals surface area contributed by atoms with E-state index in [0.29, 0.717) is 6.61 Å². The Morgan fingerprint density at radius 3 is 2.92 bits per heavy atom. The minimum atomic E-state index is 0.342. The van der Waals surface area contributed by atoms with E-state index in [2.05, 4.69) is 5.32 Å². The highest BCUT2D eigenvalue weighted by Gasteiger charge is 2.22. The van der Waals surface area contributed by atoms with Gasteiger partial charge in [-0.25, -0.2) is 0 Å². The standard InChI is InChI=1S/C9H19NOS/c1-10-8-3-4-9(7-8)12-6-2-5-11/h8-11H,2-7H2,1H3. The summed E-state index contributed by atoms with van der Waals surface area (Å²) in [6, 6.07) is 0.747. The molecule has 0 heterocycles. The molecule has 0 bridgehead atoms. The lowest BCUT2D eigenvalue weighted by Crippen LogP contribution is -2.21. The first-order valence-corrected chi connectivity index (χ1v) is 5.81. The first-order chi connectivity index (χ1) is 5.86. The molecule has 0 aromatic heterocycles. The fourth-order valence-corrected chi connectivity index (χ4v) is 2.97. The lowest BCUT2D eigenvalue weighted by molar-refractivity contribution is 0.296. The summed E-state index contributed by atoms with van der Waals surface area (Å²) in [7, 11) is 2.05. The lowest BCUT2D eigenvalue weighted by Gasteiger charge is -2.09. The smallest absolute Gasteiger partial charge is 0.0438 e. The maximum atomic E-state index is 8.61. The third kappa shape index (κ3) is 3.33. The number of thioether (sulfide) groups is 1.